The van der Waals surface area contributed by atoms with Crippen molar-refractivity contribution in [3.63, 3.8) is 0 Å². The molecule has 0 aromatic heterocycles. The number of nitrogens with zero attached hydrogens (tertiary/aromatic N) is 1. The van der Waals surface area contributed by atoms with Crippen LogP contribution in [0, 0.1) is 5.92 Å². The number of benzene rings is 2. The molecule has 1 atom stereocenters. The molecule has 0 spiro atoms. The van der Waals surface area contributed by atoms with Crippen molar-refractivity contribution in [2.75, 3.05) is 31.6 Å². The molecule has 2 fully saturated rings. The Morgan fingerprint density at radius 2 is 1.87 bits per heavy atom. The molecule has 166 valence electrons. The van der Waals surface area contributed by atoms with E-state index in [0.717, 1.165) is 55.1 Å². The molecule has 5 heteroatoms. The molecule has 31 heavy (non-hydrogen) atoms. The third kappa shape index (κ3) is 5.24. The number of carbonyl (C=O) groups excluding carboxylic acids is 1. The molecule has 4 nitrogen and oxygen atoms in total. The largest absolute Gasteiger partial charge is 0.492 e. The minimum atomic E-state index is -0.543. The highest BCUT2D eigenvalue weighted by Gasteiger charge is 2.43. The summed E-state index contributed by atoms with van der Waals surface area (Å²) in [5.74, 6) is 1.65. The Morgan fingerprint density at radius 1 is 1.13 bits per heavy atom. The number of hydrogen-bond donors (Lipinski definition) is 1. The van der Waals surface area contributed by atoms with Crippen molar-refractivity contribution in [1.29, 1.82) is 0 Å². The lowest BCUT2D eigenvalue weighted by Crippen LogP contribution is -2.38. The number of halogens is 1. The molecule has 1 amide bonds. The Bertz CT molecular complexity index is 877. The van der Waals surface area contributed by atoms with Gasteiger partial charge in [0, 0.05) is 23.8 Å². The number of rotatable bonds is 7. The van der Waals surface area contributed by atoms with E-state index in [9.17, 15) is 4.79 Å². The summed E-state index contributed by atoms with van der Waals surface area (Å²) in [6, 6.07) is 15.5. The Hall–Kier alpha value is -2.04. The van der Waals surface area contributed by atoms with E-state index in [1.807, 2.05) is 48.5 Å². The van der Waals surface area contributed by atoms with Crippen LogP contribution in [-0.4, -0.2) is 37.0 Å². The molecular weight excluding hydrogens is 408 g/mol. The van der Waals surface area contributed by atoms with Gasteiger partial charge in [-0.3, -0.25) is 9.69 Å². The highest BCUT2D eigenvalue weighted by Crippen LogP contribution is 2.44. The van der Waals surface area contributed by atoms with E-state index in [-0.39, 0.29) is 5.91 Å². The Balaban J connectivity index is 1.35. The molecule has 2 aliphatic rings. The molecule has 1 N–H and O–H groups in total. The van der Waals surface area contributed by atoms with Crippen molar-refractivity contribution in [3.05, 3.63) is 59.1 Å². The lowest BCUT2D eigenvalue weighted by Gasteiger charge is -2.30. The van der Waals surface area contributed by atoms with E-state index in [2.05, 4.69) is 17.1 Å². The number of anilines is 1. The fourth-order valence-electron chi connectivity index (χ4n) is 5.11. The number of likely N-dealkylation sites (tertiary alicyclic amines) is 1. The van der Waals surface area contributed by atoms with Gasteiger partial charge in [-0.2, -0.15) is 0 Å². The SMILES string of the molecule is CC1CCCN(CCOc2ccc(NC(=O)C3(c4ccccc4Cl)CCCC3)cc2)C1. The molecule has 4 rings (SSSR count). The van der Waals surface area contributed by atoms with Gasteiger partial charge in [0.15, 0.2) is 0 Å². The first-order valence-corrected chi connectivity index (χ1v) is 12.0. The second kappa shape index (κ2) is 10.1. The minimum Gasteiger partial charge on any atom is -0.492 e. The van der Waals surface area contributed by atoms with Crippen LogP contribution in [0.2, 0.25) is 5.02 Å². The first-order valence-electron chi connectivity index (χ1n) is 11.6. The first kappa shape index (κ1) is 22.2. The van der Waals surface area contributed by atoms with Crippen molar-refractivity contribution >= 4 is 23.2 Å². The number of nitrogens with one attached hydrogen (secondary N) is 1. The molecule has 1 saturated carbocycles. The molecular formula is C26H33ClN2O2. The normalized spacial score (nSPS) is 21.0. The molecule has 2 aromatic rings. The van der Waals surface area contributed by atoms with Crippen LogP contribution in [0.15, 0.2) is 48.5 Å². The fraction of sp³-hybridized carbons (Fsp3) is 0.500. The van der Waals surface area contributed by atoms with Crippen molar-refractivity contribution < 1.29 is 9.53 Å². The molecule has 1 aliphatic heterocycles. The van der Waals surface area contributed by atoms with Crippen LogP contribution in [0.5, 0.6) is 5.75 Å². The van der Waals surface area contributed by atoms with Gasteiger partial charge in [0.2, 0.25) is 5.91 Å². The summed E-state index contributed by atoms with van der Waals surface area (Å²) in [6.45, 7) is 6.31. The maximum Gasteiger partial charge on any atom is 0.235 e. The number of amides is 1. The number of carbonyl (C=O) groups is 1. The van der Waals surface area contributed by atoms with Gasteiger partial charge in [-0.05, 0) is 74.0 Å². The lowest BCUT2D eigenvalue weighted by molar-refractivity contribution is -0.121. The third-order valence-electron chi connectivity index (χ3n) is 6.81. The smallest absolute Gasteiger partial charge is 0.235 e. The zero-order valence-corrected chi connectivity index (χ0v) is 19.2. The summed E-state index contributed by atoms with van der Waals surface area (Å²) >= 11 is 6.47. The summed E-state index contributed by atoms with van der Waals surface area (Å²) in [5, 5.41) is 3.80. The summed E-state index contributed by atoms with van der Waals surface area (Å²) in [7, 11) is 0. The lowest BCUT2D eigenvalue weighted by atomic mass is 9.78. The standard InChI is InChI=1S/C26H33ClN2O2/c1-20-7-6-16-29(19-20)17-18-31-22-12-10-21(11-13-22)28-25(30)26(14-4-5-15-26)23-8-2-3-9-24(23)27/h2-3,8-13,20H,4-7,14-19H2,1H3,(H,28,30). The van der Waals surface area contributed by atoms with E-state index in [1.54, 1.807) is 0 Å². The Morgan fingerprint density at radius 3 is 2.58 bits per heavy atom. The third-order valence-corrected chi connectivity index (χ3v) is 7.14. The number of ether oxygens (including phenoxy) is 1. The Labute approximate surface area is 190 Å². The van der Waals surface area contributed by atoms with Crippen molar-refractivity contribution in [3.8, 4) is 5.75 Å². The van der Waals surface area contributed by atoms with E-state index >= 15 is 0 Å². The number of piperidine rings is 1. The molecule has 0 bridgehead atoms. The average molecular weight is 441 g/mol. The van der Waals surface area contributed by atoms with Crippen LogP contribution in [-0.2, 0) is 10.2 Å². The molecule has 1 heterocycles. The fourth-order valence-corrected chi connectivity index (χ4v) is 5.43. The summed E-state index contributed by atoms with van der Waals surface area (Å²) < 4.78 is 5.94. The zero-order valence-electron chi connectivity index (χ0n) is 18.4. The zero-order chi connectivity index (χ0) is 21.7. The van der Waals surface area contributed by atoms with Gasteiger partial charge in [-0.1, -0.05) is 49.6 Å². The van der Waals surface area contributed by atoms with Gasteiger partial charge in [0.25, 0.3) is 0 Å². The van der Waals surface area contributed by atoms with Crippen molar-refractivity contribution in [2.45, 2.75) is 50.9 Å². The minimum absolute atomic E-state index is 0.0333. The maximum atomic E-state index is 13.3. The van der Waals surface area contributed by atoms with Gasteiger partial charge in [-0.15, -0.1) is 0 Å². The van der Waals surface area contributed by atoms with E-state index in [4.69, 9.17) is 16.3 Å². The highest BCUT2D eigenvalue weighted by atomic mass is 35.5. The summed E-state index contributed by atoms with van der Waals surface area (Å²) in [6.07, 6.45) is 6.37. The molecule has 1 aliphatic carbocycles. The second-order valence-electron chi connectivity index (χ2n) is 9.14. The predicted molar refractivity (Wildman–Crippen MR) is 127 cm³/mol. The molecule has 2 aromatic carbocycles. The van der Waals surface area contributed by atoms with Crippen LogP contribution >= 0.6 is 11.6 Å². The highest BCUT2D eigenvalue weighted by molar-refractivity contribution is 6.31. The molecule has 0 radical (unpaired) electrons. The summed E-state index contributed by atoms with van der Waals surface area (Å²) in [5.41, 5.74) is 1.19. The van der Waals surface area contributed by atoms with Gasteiger partial charge in [0.1, 0.15) is 12.4 Å². The van der Waals surface area contributed by atoms with Gasteiger partial charge in [0.05, 0.1) is 5.41 Å². The van der Waals surface area contributed by atoms with Crippen molar-refractivity contribution in [1.82, 2.24) is 4.90 Å². The molecule has 1 saturated heterocycles. The maximum absolute atomic E-state index is 13.3. The van der Waals surface area contributed by atoms with Crippen LogP contribution in [0.25, 0.3) is 0 Å². The van der Waals surface area contributed by atoms with E-state index < -0.39 is 5.41 Å². The van der Waals surface area contributed by atoms with Gasteiger partial charge < -0.3 is 10.1 Å². The second-order valence-corrected chi connectivity index (χ2v) is 9.55. The van der Waals surface area contributed by atoms with Gasteiger partial charge in [-0.25, -0.2) is 0 Å². The first-order chi connectivity index (χ1) is 15.1. The van der Waals surface area contributed by atoms with Crippen LogP contribution < -0.4 is 10.1 Å². The van der Waals surface area contributed by atoms with Crippen molar-refractivity contribution in [2.24, 2.45) is 5.92 Å². The molecule has 1 unspecified atom stereocenters. The predicted octanol–water partition coefficient (Wildman–Crippen LogP) is 5.90. The Kier molecular flexibility index (Phi) is 7.19. The quantitative estimate of drug-likeness (QED) is 0.582. The average Bonchev–Trinajstić information content (AvgIpc) is 3.26. The van der Waals surface area contributed by atoms with Crippen LogP contribution in [0.4, 0.5) is 5.69 Å². The summed E-state index contributed by atoms with van der Waals surface area (Å²) in [4.78, 5) is 15.8. The topological polar surface area (TPSA) is 41.6 Å². The number of hydrogen-bond acceptors (Lipinski definition) is 3. The van der Waals surface area contributed by atoms with E-state index in [1.165, 1.54) is 25.9 Å². The van der Waals surface area contributed by atoms with Gasteiger partial charge >= 0.3 is 0 Å². The van der Waals surface area contributed by atoms with Crippen LogP contribution in [0.1, 0.15) is 51.0 Å². The monoisotopic (exact) mass is 440 g/mol. The van der Waals surface area contributed by atoms with E-state index in [0.29, 0.717) is 11.6 Å². The van der Waals surface area contributed by atoms with Crippen LogP contribution in [0.3, 0.4) is 0 Å².